The van der Waals surface area contributed by atoms with Gasteiger partial charge in [-0.2, -0.15) is 0 Å². The smallest absolute Gasteiger partial charge is 0.251 e. The number of hydrogen-bond donors (Lipinski definition) is 1. The number of carbonyl (C=O) groups excluding carboxylic acids is 1. The second kappa shape index (κ2) is 8.58. The third kappa shape index (κ3) is 4.43. The maximum atomic E-state index is 13.2. The molecule has 1 atom stereocenters. The highest BCUT2D eigenvalue weighted by Gasteiger charge is 2.30. The standard InChI is InChI=1S/C21H21NO4S2/c1-15-5-7-16(8-6-15)21(23)22-14-20(19-4-3-13-27-19)28(24,25)18-11-9-17(26-2)10-12-18/h3-13,20H,14H2,1-2H3,(H,22,23)/t20-/m1/s1. The maximum absolute atomic E-state index is 13.2. The SMILES string of the molecule is COc1ccc(S(=O)(=O)[C@H](CNC(=O)c2ccc(C)cc2)c2cccs2)cc1. The van der Waals surface area contributed by atoms with Gasteiger partial charge in [0, 0.05) is 17.0 Å². The lowest BCUT2D eigenvalue weighted by Gasteiger charge is -2.18. The van der Waals surface area contributed by atoms with E-state index in [1.54, 1.807) is 36.4 Å². The van der Waals surface area contributed by atoms with Crippen LogP contribution in [0.25, 0.3) is 0 Å². The molecule has 0 fully saturated rings. The van der Waals surface area contributed by atoms with Crippen LogP contribution >= 0.6 is 11.3 Å². The van der Waals surface area contributed by atoms with Gasteiger partial charge in [0.25, 0.3) is 5.91 Å². The number of amides is 1. The van der Waals surface area contributed by atoms with Gasteiger partial charge in [-0.1, -0.05) is 23.8 Å². The summed E-state index contributed by atoms with van der Waals surface area (Å²) in [4.78, 5) is 13.3. The van der Waals surface area contributed by atoms with Crippen LogP contribution in [0.3, 0.4) is 0 Å². The molecule has 3 rings (SSSR count). The molecule has 1 aromatic heterocycles. The molecule has 0 saturated heterocycles. The molecule has 5 nitrogen and oxygen atoms in total. The highest BCUT2D eigenvalue weighted by Crippen LogP contribution is 2.32. The van der Waals surface area contributed by atoms with E-state index in [4.69, 9.17) is 4.74 Å². The van der Waals surface area contributed by atoms with Gasteiger partial charge >= 0.3 is 0 Å². The van der Waals surface area contributed by atoms with Crippen molar-refractivity contribution >= 4 is 27.1 Å². The van der Waals surface area contributed by atoms with Crippen LogP contribution in [0, 0.1) is 6.92 Å². The van der Waals surface area contributed by atoms with Crippen molar-refractivity contribution in [2.45, 2.75) is 17.1 Å². The number of thiophene rings is 1. The minimum atomic E-state index is -3.69. The molecule has 1 N–H and O–H groups in total. The molecule has 0 aliphatic carbocycles. The summed E-state index contributed by atoms with van der Waals surface area (Å²) >= 11 is 1.35. The Morgan fingerprint density at radius 1 is 1.07 bits per heavy atom. The number of nitrogens with one attached hydrogen (secondary N) is 1. The number of methoxy groups -OCH3 is 1. The lowest BCUT2D eigenvalue weighted by atomic mass is 10.1. The van der Waals surface area contributed by atoms with Crippen molar-refractivity contribution in [2.24, 2.45) is 0 Å². The first-order chi connectivity index (χ1) is 13.4. The Kier molecular flexibility index (Phi) is 6.16. The first kappa shape index (κ1) is 20.1. The summed E-state index contributed by atoms with van der Waals surface area (Å²) in [5.74, 6) is 0.283. The molecule has 28 heavy (non-hydrogen) atoms. The Hall–Kier alpha value is -2.64. The Labute approximate surface area is 168 Å². The van der Waals surface area contributed by atoms with Crippen molar-refractivity contribution in [1.29, 1.82) is 0 Å². The van der Waals surface area contributed by atoms with Crippen molar-refractivity contribution in [2.75, 3.05) is 13.7 Å². The predicted octanol–water partition coefficient (Wildman–Crippen LogP) is 4.01. The van der Waals surface area contributed by atoms with Crippen molar-refractivity contribution in [3.63, 3.8) is 0 Å². The molecule has 0 radical (unpaired) electrons. The maximum Gasteiger partial charge on any atom is 0.251 e. The molecular formula is C21H21NO4S2. The van der Waals surface area contributed by atoms with E-state index in [0.717, 1.165) is 5.56 Å². The topological polar surface area (TPSA) is 72.5 Å². The summed E-state index contributed by atoms with van der Waals surface area (Å²) in [5.41, 5.74) is 1.55. The summed E-state index contributed by atoms with van der Waals surface area (Å²) in [5, 5.41) is 3.73. The van der Waals surface area contributed by atoms with E-state index < -0.39 is 15.1 Å². The van der Waals surface area contributed by atoms with E-state index in [2.05, 4.69) is 5.32 Å². The lowest BCUT2D eigenvalue weighted by molar-refractivity contribution is 0.0953. The van der Waals surface area contributed by atoms with E-state index in [9.17, 15) is 13.2 Å². The van der Waals surface area contributed by atoms with E-state index in [1.165, 1.54) is 30.6 Å². The molecule has 0 unspecified atom stereocenters. The average molecular weight is 416 g/mol. The monoisotopic (exact) mass is 415 g/mol. The number of aryl methyl sites for hydroxylation is 1. The van der Waals surface area contributed by atoms with Crippen molar-refractivity contribution < 1.29 is 17.9 Å². The molecule has 0 aliphatic heterocycles. The van der Waals surface area contributed by atoms with Crippen molar-refractivity contribution in [3.05, 3.63) is 82.0 Å². The fraction of sp³-hybridized carbons (Fsp3) is 0.190. The zero-order valence-electron chi connectivity index (χ0n) is 15.6. The zero-order chi connectivity index (χ0) is 20.1. The minimum Gasteiger partial charge on any atom is -0.497 e. The number of sulfone groups is 1. The van der Waals surface area contributed by atoms with E-state index >= 15 is 0 Å². The summed E-state index contributed by atoms with van der Waals surface area (Å²) in [7, 11) is -2.17. The van der Waals surface area contributed by atoms with Gasteiger partial charge in [-0.3, -0.25) is 4.79 Å². The first-order valence-electron chi connectivity index (χ1n) is 8.68. The molecule has 2 aromatic carbocycles. The van der Waals surface area contributed by atoms with E-state index in [1.807, 2.05) is 24.4 Å². The second-order valence-electron chi connectivity index (χ2n) is 6.30. The molecule has 7 heteroatoms. The third-order valence-corrected chi connectivity index (χ3v) is 7.62. The zero-order valence-corrected chi connectivity index (χ0v) is 17.2. The van der Waals surface area contributed by atoms with Gasteiger partial charge in [-0.15, -0.1) is 11.3 Å². The molecule has 1 amide bonds. The number of rotatable bonds is 7. The Balaban J connectivity index is 1.85. The molecule has 1 heterocycles. The van der Waals surface area contributed by atoms with Gasteiger partial charge in [0.05, 0.1) is 12.0 Å². The number of benzene rings is 2. The number of hydrogen-bond acceptors (Lipinski definition) is 5. The quantitative estimate of drug-likeness (QED) is 0.633. The number of ether oxygens (including phenoxy) is 1. The summed E-state index contributed by atoms with van der Waals surface area (Å²) < 4.78 is 31.6. The molecule has 3 aromatic rings. The Morgan fingerprint density at radius 2 is 1.75 bits per heavy atom. The normalized spacial score (nSPS) is 12.4. The molecular weight excluding hydrogens is 394 g/mol. The van der Waals surface area contributed by atoms with Crippen LogP contribution in [-0.4, -0.2) is 28.0 Å². The van der Waals surface area contributed by atoms with E-state index in [0.29, 0.717) is 16.2 Å². The van der Waals surface area contributed by atoms with Gasteiger partial charge in [0.2, 0.25) is 0 Å². The van der Waals surface area contributed by atoms with Crippen LogP contribution in [0.15, 0.2) is 70.9 Å². The van der Waals surface area contributed by atoms with Crippen molar-refractivity contribution in [3.8, 4) is 5.75 Å². The van der Waals surface area contributed by atoms with Gasteiger partial charge in [0.15, 0.2) is 9.84 Å². The van der Waals surface area contributed by atoms with Crippen LogP contribution < -0.4 is 10.1 Å². The van der Waals surface area contributed by atoms with E-state index in [-0.39, 0.29) is 17.3 Å². The summed E-state index contributed by atoms with van der Waals surface area (Å²) in [6.45, 7) is 1.93. The first-order valence-corrected chi connectivity index (χ1v) is 11.1. The fourth-order valence-electron chi connectivity index (χ4n) is 2.76. The van der Waals surface area contributed by atoms with Gasteiger partial charge in [0.1, 0.15) is 11.0 Å². The van der Waals surface area contributed by atoms with Gasteiger partial charge in [-0.05, 0) is 54.8 Å². The average Bonchev–Trinajstić information content (AvgIpc) is 3.22. The lowest BCUT2D eigenvalue weighted by Crippen LogP contribution is -2.31. The molecule has 0 spiro atoms. The highest BCUT2D eigenvalue weighted by molar-refractivity contribution is 7.91. The van der Waals surface area contributed by atoms with Crippen LogP contribution in [0.2, 0.25) is 0 Å². The Morgan fingerprint density at radius 3 is 2.32 bits per heavy atom. The van der Waals surface area contributed by atoms with Gasteiger partial charge < -0.3 is 10.1 Å². The fourth-order valence-corrected chi connectivity index (χ4v) is 5.54. The molecule has 0 aliphatic rings. The predicted molar refractivity (Wildman–Crippen MR) is 111 cm³/mol. The summed E-state index contributed by atoms with van der Waals surface area (Å²) in [6, 6.07) is 17.0. The second-order valence-corrected chi connectivity index (χ2v) is 9.41. The Bertz CT molecular complexity index is 1030. The van der Waals surface area contributed by atoms with Crippen LogP contribution in [0.4, 0.5) is 0 Å². The largest absolute Gasteiger partial charge is 0.497 e. The van der Waals surface area contributed by atoms with Crippen LogP contribution in [0.5, 0.6) is 5.75 Å². The molecule has 0 bridgehead atoms. The highest BCUT2D eigenvalue weighted by atomic mass is 32.2. The van der Waals surface area contributed by atoms with Crippen LogP contribution in [-0.2, 0) is 9.84 Å². The van der Waals surface area contributed by atoms with Gasteiger partial charge in [-0.25, -0.2) is 8.42 Å². The molecule has 146 valence electrons. The van der Waals surface area contributed by atoms with Crippen molar-refractivity contribution in [1.82, 2.24) is 5.32 Å². The number of carbonyl (C=O) groups is 1. The third-order valence-electron chi connectivity index (χ3n) is 4.38. The minimum absolute atomic E-state index is 0.0123. The van der Waals surface area contributed by atoms with Crippen LogP contribution in [0.1, 0.15) is 26.0 Å². The summed E-state index contributed by atoms with van der Waals surface area (Å²) in [6.07, 6.45) is 0. The molecule has 0 saturated carbocycles.